The predicted molar refractivity (Wildman–Crippen MR) is 103 cm³/mol. The molecule has 0 aliphatic rings. The highest BCUT2D eigenvalue weighted by Gasteiger charge is 2.14. The molecule has 0 unspecified atom stereocenters. The normalized spacial score (nSPS) is 11.4. The fourth-order valence-electron chi connectivity index (χ4n) is 2.19. The van der Waals surface area contributed by atoms with E-state index in [4.69, 9.17) is 9.47 Å². The molecular weight excluding hydrogens is 366 g/mol. The molecule has 0 bridgehead atoms. The maximum Gasteiger partial charge on any atom is 0.162 e. The van der Waals surface area contributed by atoms with Crippen LogP contribution >= 0.6 is 15.9 Å². The molecule has 3 nitrogen and oxygen atoms in total. The summed E-state index contributed by atoms with van der Waals surface area (Å²) in [5, 5.41) is 3.49. The van der Waals surface area contributed by atoms with Gasteiger partial charge in [0.2, 0.25) is 0 Å². The van der Waals surface area contributed by atoms with E-state index >= 15 is 0 Å². The lowest BCUT2D eigenvalue weighted by atomic mass is 10.1. The van der Waals surface area contributed by atoms with Crippen LogP contribution in [-0.4, -0.2) is 12.6 Å². The summed E-state index contributed by atoms with van der Waals surface area (Å²) in [5.74, 6) is 1.49. The lowest BCUT2D eigenvalue weighted by Gasteiger charge is -2.22. The summed E-state index contributed by atoms with van der Waals surface area (Å²) in [7, 11) is 1.67. The zero-order chi connectivity index (χ0) is 17.7. The Kier molecular flexibility index (Phi) is 6.30. The van der Waals surface area contributed by atoms with Crippen LogP contribution in [0, 0.1) is 6.92 Å². The van der Waals surface area contributed by atoms with Crippen LogP contribution in [0.25, 0.3) is 0 Å². The number of hydrogen-bond acceptors (Lipinski definition) is 3. The van der Waals surface area contributed by atoms with Crippen LogP contribution in [-0.2, 0) is 13.2 Å². The van der Waals surface area contributed by atoms with Crippen molar-refractivity contribution in [3.8, 4) is 11.5 Å². The summed E-state index contributed by atoms with van der Waals surface area (Å²) >= 11 is 3.64. The number of benzene rings is 2. The van der Waals surface area contributed by atoms with Gasteiger partial charge in [-0.3, -0.25) is 0 Å². The van der Waals surface area contributed by atoms with Crippen molar-refractivity contribution in [2.24, 2.45) is 0 Å². The van der Waals surface area contributed by atoms with Crippen LogP contribution in [0.2, 0.25) is 0 Å². The highest BCUT2D eigenvalue weighted by Crippen LogP contribution is 2.34. The van der Waals surface area contributed by atoms with E-state index in [0.717, 1.165) is 33.6 Å². The van der Waals surface area contributed by atoms with Gasteiger partial charge in [0.15, 0.2) is 11.5 Å². The van der Waals surface area contributed by atoms with Gasteiger partial charge < -0.3 is 14.8 Å². The summed E-state index contributed by atoms with van der Waals surface area (Å²) in [6.07, 6.45) is 0. The second kappa shape index (κ2) is 8.04. The summed E-state index contributed by atoms with van der Waals surface area (Å²) in [4.78, 5) is 0. The van der Waals surface area contributed by atoms with Gasteiger partial charge in [0, 0.05) is 16.6 Å². The van der Waals surface area contributed by atoms with Crippen molar-refractivity contribution in [2.75, 3.05) is 7.11 Å². The highest BCUT2D eigenvalue weighted by atomic mass is 79.9. The van der Waals surface area contributed by atoms with Gasteiger partial charge in [-0.25, -0.2) is 0 Å². The van der Waals surface area contributed by atoms with Crippen molar-refractivity contribution in [3.05, 3.63) is 57.6 Å². The Morgan fingerprint density at radius 3 is 2.29 bits per heavy atom. The molecule has 0 atom stereocenters. The van der Waals surface area contributed by atoms with Gasteiger partial charge in [-0.2, -0.15) is 0 Å². The van der Waals surface area contributed by atoms with Crippen LogP contribution < -0.4 is 14.8 Å². The number of ether oxygens (including phenoxy) is 2. The largest absolute Gasteiger partial charge is 0.493 e. The summed E-state index contributed by atoms with van der Waals surface area (Å²) in [5.41, 5.74) is 3.59. The first-order valence-electron chi connectivity index (χ1n) is 8.08. The number of rotatable bonds is 6. The van der Waals surface area contributed by atoms with Gasteiger partial charge in [0.05, 0.1) is 7.11 Å². The first-order chi connectivity index (χ1) is 11.3. The number of methoxy groups -OCH3 is 1. The van der Waals surface area contributed by atoms with Crippen LogP contribution in [0.3, 0.4) is 0 Å². The SMILES string of the molecule is COc1cc(CNC(C)(C)C)c(Br)cc1OCc1ccc(C)cc1. The van der Waals surface area contributed by atoms with Crippen molar-refractivity contribution in [1.29, 1.82) is 0 Å². The Balaban J connectivity index is 2.12. The first kappa shape index (κ1) is 18.8. The molecule has 2 rings (SSSR count). The molecule has 0 saturated heterocycles. The van der Waals surface area contributed by atoms with Crippen LogP contribution in [0.4, 0.5) is 0 Å². The minimum absolute atomic E-state index is 0.0628. The van der Waals surface area contributed by atoms with Gasteiger partial charge in [0.25, 0.3) is 0 Å². The average molecular weight is 392 g/mol. The van der Waals surface area contributed by atoms with Crippen molar-refractivity contribution in [3.63, 3.8) is 0 Å². The summed E-state index contributed by atoms with van der Waals surface area (Å²) in [6.45, 7) is 9.81. The standard InChI is InChI=1S/C20H26BrNO2/c1-14-6-8-15(9-7-14)13-24-19-11-17(21)16(10-18(19)23-5)12-22-20(2,3)4/h6-11,22H,12-13H2,1-5H3. The Labute approximate surface area is 153 Å². The van der Waals surface area contributed by atoms with E-state index in [-0.39, 0.29) is 5.54 Å². The molecule has 130 valence electrons. The molecule has 0 spiro atoms. The Bertz CT molecular complexity index is 675. The van der Waals surface area contributed by atoms with Crippen molar-refractivity contribution >= 4 is 15.9 Å². The van der Waals surface area contributed by atoms with E-state index < -0.39 is 0 Å². The molecule has 2 aromatic rings. The van der Waals surface area contributed by atoms with Gasteiger partial charge in [-0.1, -0.05) is 45.8 Å². The highest BCUT2D eigenvalue weighted by molar-refractivity contribution is 9.10. The third-order valence-electron chi connectivity index (χ3n) is 3.66. The molecule has 0 radical (unpaired) electrons. The van der Waals surface area contributed by atoms with Crippen molar-refractivity contribution in [2.45, 2.75) is 46.4 Å². The second-order valence-corrected chi connectivity index (χ2v) is 7.83. The lowest BCUT2D eigenvalue weighted by Crippen LogP contribution is -2.35. The van der Waals surface area contributed by atoms with E-state index in [1.807, 2.05) is 12.1 Å². The Morgan fingerprint density at radius 2 is 1.71 bits per heavy atom. The molecule has 1 N–H and O–H groups in total. The van der Waals surface area contributed by atoms with Crippen LogP contribution in [0.1, 0.15) is 37.5 Å². The molecule has 24 heavy (non-hydrogen) atoms. The molecular formula is C20H26BrNO2. The van der Waals surface area contributed by atoms with E-state index in [2.05, 4.69) is 73.2 Å². The minimum Gasteiger partial charge on any atom is -0.493 e. The zero-order valence-electron chi connectivity index (χ0n) is 15.1. The molecule has 0 saturated carbocycles. The third-order valence-corrected chi connectivity index (χ3v) is 4.39. The maximum absolute atomic E-state index is 5.96. The maximum atomic E-state index is 5.96. The molecule has 0 heterocycles. The minimum atomic E-state index is 0.0628. The number of hydrogen-bond donors (Lipinski definition) is 1. The Morgan fingerprint density at radius 1 is 1.04 bits per heavy atom. The van der Waals surface area contributed by atoms with Gasteiger partial charge in [-0.05, 0) is 51.0 Å². The number of aryl methyl sites for hydroxylation is 1. The second-order valence-electron chi connectivity index (χ2n) is 6.97. The lowest BCUT2D eigenvalue weighted by molar-refractivity contribution is 0.284. The third kappa shape index (κ3) is 5.53. The molecule has 2 aromatic carbocycles. The molecule has 0 aliphatic heterocycles. The Hall–Kier alpha value is -1.52. The van der Waals surface area contributed by atoms with Crippen LogP contribution in [0.15, 0.2) is 40.9 Å². The smallest absolute Gasteiger partial charge is 0.162 e. The number of nitrogens with one attached hydrogen (secondary N) is 1. The van der Waals surface area contributed by atoms with E-state index in [0.29, 0.717) is 6.61 Å². The topological polar surface area (TPSA) is 30.5 Å². The predicted octanol–water partition coefficient (Wildman–Crippen LogP) is 5.23. The van der Waals surface area contributed by atoms with Gasteiger partial charge in [-0.15, -0.1) is 0 Å². The molecule has 0 amide bonds. The van der Waals surface area contributed by atoms with Gasteiger partial charge >= 0.3 is 0 Å². The molecule has 0 aromatic heterocycles. The van der Waals surface area contributed by atoms with Crippen LogP contribution in [0.5, 0.6) is 11.5 Å². The fraction of sp³-hybridized carbons (Fsp3) is 0.400. The van der Waals surface area contributed by atoms with Gasteiger partial charge in [0.1, 0.15) is 6.61 Å². The van der Waals surface area contributed by atoms with E-state index in [1.54, 1.807) is 7.11 Å². The summed E-state index contributed by atoms with van der Waals surface area (Å²) < 4.78 is 12.5. The molecule has 0 fully saturated rings. The van der Waals surface area contributed by atoms with E-state index in [9.17, 15) is 0 Å². The summed E-state index contributed by atoms with van der Waals surface area (Å²) in [6, 6.07) is 12.3. The quantitative estimate of drug-likeness (QED) is 0.730. The molecule has 0 aliphatic carbocycles. The first-order valence-corrected chi connectivity index (χ1v) is 8.87. The van der Waals surface area contributed by atoms with E-state index in [1.165, 1.54) is 5.56 Å². The average Bonchev–Trinajstić information content (AvgIpc) is 2.52. The molecule has 4 heteroatoms. The fourth-order valence-corrected chi connectivity index (χ4v) is 2.65. The monoisotopic (exact) mass is 391 g/mol. The van der Waals surface area contributed by atoms with Crippen molar-refractivity contribution in [1.82, 2.24) is 5.32 Å². The zero-order valence-corrected chi connectivity index (χ0v) is 16.7. The number of halogens is 1. The van der Waals surface area contributed by atoms with Crippen molar-refractivity contribution < 1.29 is 9.47 Å².